The molecule has 0 saturated carbocycles. The van der Waals surface area contributed by atoms with Gasteiger partial charge in [-0.2, -0.15) is 0 Å². The third kappa shape index (κ3) is 4.76. The fraction of sp³-hybridized carbons (Fsp3) is 0.208. The molecule has 27 heavy (non-hydrogen) atoms. The number of ether oxygens (including phenoxy) is 1. The summed E-state index contributed by atoms with van der Waals surface area (Å²) in [6.45, 7) is 5.87. The molecule has 3 aromatic rings. The van der Waals surface area contributed by atoms with E-state index in [1.807, 2.05) is 85.8 Å². The van der Waals surface area contributed by atoms with Crippen molar-refractivity contribution in [3.63, 3.8) is 0 Å². The summed E-state index contributed by atoms with van der Waals surface area (Å²) >= 11 is 0. The minimum absolute atomic E-state index is 0.147. The lowest BCUT2D eigenvalue weighted by molar-refractivity contribution is -0.127. The predicted molar refractivity (Wildman–Crippen MR) is 109 cm³/mol. The molecule has 0 radical (unpaired) electrons. The molecule has 0 aliphatic heterocycles. The monoisotopic (exact) mass is 359 g/mol. The summed E-state index contributed by atoms with van der Waals surface area (Å²) in [7, 11) is 0. The number of carbonyl (C=O) groups excluding carboxylic acids is 1. The van der Waals surface area contributed by atoms with Gasteiger partial charge in [0, 0.05) is 0 Å². The van der Waals surface area contributed by atoms with Gasteiger partial charge < -0.3 is 10.1 Å². The molecule has 0 spiro atoms. The van der Waals surface area contributed by atoms with Crippen molar-refractivity contribution in [1.29, 1.82) is 0 Å². The normalized spacial score (nSPS) is 11.9. The summed E-state index contributed by atoms with van der Waals surface area (Å²) in [5.74, 6) is 0.558. The largest absolute Gasteiger partial charge is 0.481 e. The average molecular weight is 359 g/mol. The first-order chi connectivity index (χ1) is 13.0. The number of carbonyl (C=O) groups is 1. The van der Waals surface area contributed by atoms with Gasteiger partial charge in [-0.1, -0.05) is 66.7 Å². The van der Waals surface area contributed by atoms with E-state index >= 15 is 0 Å². The average Bonchev–Trinajstić information content (AvgIpc) is 2.70. The van der Waals surface area contributed by atoms with Gasteiger partial charge in [0.1, 0.15) is 5.75 Å². The molecule has 0 bridgehead atoms. The van der Waals surface area contributed by atoms with Crippen LogP contribution in [0.1, 0.15) is 35.2 Å². The Balaban J connectivity index is 1.76. The molecule has 0 aliphatic carbocycles. The van der Waals surface area contributed by atoms with Gasteiger partial charge in [0.2, 0.25) is 0 Å². The number of amides is 1. The summed E-state index contributed by atoms with van der Waals surface area (Å²) in [6.07, 6.45) is -0.595. The quantitative estimate of drug-likeness (QED) is 0.674. The molecule has 0 heterocycles. The van der Waals surface area contributed by atoms with Crippen LogP contribution in [-0.2, 0) is 4.79 Å². The van der Waals surface area contributed by atoms with Crippen molar-refractivity contribution in [2.45, 2.75) is 32.9 Å². The summed E-state index contributed by atoms with van der Waals surface area (Å²) in [5, 5.41) is 3.13. The third-order valence-electron chi connectivity index (χ3n) is 4.71. The topological polar surface area (TPSA) is 38.3 Å². The van der Waals surface area contributed by atoms with Crippen LogP contribution in [0.5, 0.6) is 5.75 Å². The fourth-order valence-electron chi connectivity index (χ4n) is 2.95. The van der Waals surface area contributed by atoms with Gasteiger partial charge in [-0.3, -0.25) is 4.79 Å². The van der Waals surface area contributed by atoms with Crippen LogP contribution in [0.2, 0.25) is 0 Å². The van der Waals surface area contributed by atoms with Gasteiger partial charge in [-0.05, 0) is 55.2 Å². The third-order valence-corrected chi connectivity index (χ3v) is 4.71. The number of aryl methyl sites for hydroxylation is 2. The van der Waals surface area contributed by atoms with Crippen LogP contribution in [0.3, 0.4) is 0 Å². The zero-order valence-corrected chi connectivity index (χ0v) is 16.0. The maximum absolute atomic E-state index is 12.8. The van der Waals surface area contributed by atoms with Gasteiger partial charge in [0.15, 0.2) is 6.10 Å². The van der Waals surface area contributed by atoms with E-state index in [2.05, 4.69) is 12.2 Å². The molecule has 1 N–H and O–H groups in total. The molecule has 3 heteroatoms. The first kappa shape index (κ1) is 18.7. The van der Waals surface area contributed by atoms with E-state index in [4.69, 9.17) is 4.74 Å². The Bertz CT molecular complexity index is 851. The van der Waals surface area contributed by atoms with E-state index in [0.717, 1.165) is 16.7 Å². The minimum Gasteiger partial charge on any atom is -0.481 e. The summed E-state index contributed by atoms with van der Waals surface area (Å²) < 4.78 is 5.87. The highest BCUT2D eigenvalue weighted by Crippen LogP contribution is 2.23. The van der Waals surface area contributed by atoms with Gasteiger partial charge in [-0.15, -0.1) is 0 Å². The Morgan fingerprint density at radius 2 is 1.37 bits per heavy atom. The predicted octanol–water partition coefficient (Wildman–Crippen LogP) is 4.98. The number of hydrogen-bond acceptors (Lipinski definition) is 2. The van der Waals surface area contributed by atoms with E-state index in [9.17, 15) is 4.79 Å². The Morgan fingerprint density at radius 1 is 0.815 bits per heavy atom. The maximum atomic E-state index is 12.8. The highest BCUT2D eigenvalue weighted by Gasteiger charge is 2.21. The molecule has 3 nitrogen and oxygen atoms in total. The standard InChI is InChI=1S/C24H25NO2/c1-17-14-15-22(16-18(17)2)27-19(3)24(26)25-23(20-10-6-4-7-11-20)21-12-8-5-9-13-21/h4-16,19,23H,1-3H3,(H,25,26)/t19-/m0/s1. The smallest absolute Gasteiger partial charge is 0.261 e. The maximum Gasteiger partial charge on any atom is 0.261 e. The molecule has 0 saturated heterocycles. The molecule has 0 aliphatic rings. The summed E-state index contributed by atoms with van der Waals surface area (Å²) in [4.78, 5) is 12.8. The highest BCUT2D eigenvalue weighted by molar-refractivity contribution is 5.81. The first-order valence-corrected chi connectivity index (χ1v) is 9.19. The molecule has 138 valence electrons. The molecule has 0 aromatic heterocycles. The summed E-state index contributed by atoms with van der Waals surface area (Å²) in [6, 6.07) is 25.6. The zero-order chi connectivity index (χ0) is 19.2. The van der Waals surface area contributed by atoms with Crippen LogP contribution in [-0.4, -0.2) is 12.0 Å². The van der Waals surface area contributed by atoms with Crippen molar-refractivity contribution in [3.8, 4) is 5.75 Å². The van der Waals surface area contributed by atoms with Gasteiger partial charge in [0.05, 0.1) is 6.04 Å². The van der Waals surface area contributed by atoms with E-state index in [1.54, 1.807) is 6.92 Å². The van der Waals surface area contributed by atoms with Crippen molar-refractivity contribution in [3.05, 3.63) is 101 Å². The van der Waals surface area contributed by atoms with Crippen molar-refractivity contribution >= 4 is 5.91 Å². The van der Waals surface area contributed by atoms with Crippen LogP contribution in [0.4, 0.5) is 0 Å². The Hall–Kier alpha value is -3.07. The molecule has 3 aromatic carbocycles. The van der Waals surface area contributed by atoms with E-state index in [1.165, 1.54) is 5.56 Å². The summed E-state index contributed by atoms with van der Waals surface area (Å²) in [5.41, 5.74) is 4.42. The molecule has 3 rings (SSSR count). The van der Waals surface area contributed by atoms with E-state index in [0.29, 0.717) is 5.75 Å². The molecular weight excluding hydrogens is 334 g/mol. The van der Waals surface area contributed by atoms with Crippen LogP contribution < -0.4 is 10.1 Å². The van der Waals surface area contributed by atoms with Crippen molar-refractivity contribution in [2.75, 3.05) is 0 Å². The second-order valence-corrected chi connectivity index (χ2v) is 6.77. The molecule has 1 atom stereocenters. The van der Waals surface area contributed by atoms with Crippen molar-refractivity contribution in [2.24, 2.45) is 0 Å². The van der Waals surface area contributed by atoms with Crippen LogP contribution in [0.15, 0.2) is 78.9 Å². The first-order valence-electron chi connectivity index (χ1n) is 9.19. The van der Waals surface area contributed by atoms with Crippen molar-refractivity contribution in [1.82, 2.24) is 5.32 Å². The Morgan fingerprint density at radius 3 is 1.89 bits per heavy atom. The lowest BCUT2D eigenvalue weighted by atomic mass is 9.98. The van der Waals surface area contributed by atoms with Crippen LogP contribution >= 0.6 is 0 Å². The molecule has 1 amide bonds. The lowest BCUT2D eigenvalue weighted by Crippen LogP contribution is -2.39. The van der Waals surface area contributed by atoms with E-state index < -0.39 is 6.10 Å². The Labute approximate surface area is 161 Å². The number of hydrogen-bond donors (Lipinski definition) is 1. The second-order valence-electron chi connectivity index (χ2n) is 6.77. The zero-order valence-electron chi connectivity index (χ0n) is 16.0. The highest BCUT2D eigenvalue weighted by atomic mass is 16.5. The number of rotatable bonds is 6. The van der Waals surface area contributed by atoms with Crippen LogP contribution in [0.25, 0.3) is 0 Å². The van der Waals surface area contributed by atoms with Gasteiger partial charge in [-0.25, -0.2) is 0 Å². The van der Waals surface area contributed by atoms with Gasteiger partial charge in [0.25, 0.3) is 5.91 Å². The minimum atomic E-state index is -0.595. The van der Waals surface area contributed by atoms with E-state index in [-0.39, 0.29) is 11.9 Å². The number of benzene rings is 3. The molecular formula is C24H25NO2. The Kier molecular flexibility index (Phi) is 5.92. The fourth-order valence-corrected chi connectivity index (χ4v) is 2.95. The second kappa shape index (κ2) is 8.54. The molecule has 0 fully saturated rings. The molecule has 0 unspecified atom stereocenters. The SMILES string of the molecule is Cc1ccc(O[C@@H](C)C(=O)NC(c2ccccc2)c2ccccc2)cc1C. The lowest BCUT2D eigenvalue weighted by Gasteiger charge is -2.23. The van der Waals surface area contributed by atoms with Crippen molar-refractivity contribution < 1.29 is 9.53 Å². The van der Waals surface area contributed by atoms with Gasteiger partial charge >= 0.3 is 0 Å². The number of nitrogens with one attached hydrogen (secondary N) is 1. The van der Waals surface area contributed by atoms with Crippen LogP contribution in [0, 0.1) is 13.8 Å².